The highest BCUT2D eigenvalue weighted by molar-refractivity contribution is 6.31. The third kappa shape index (κ3) is 5.29. The molecule has 0 radical (unpaired) electrons. The molecule has 1 aliphatic heterocycles. The maximum Gasteiger partial charge on any atom is 0.417 e. The van der Waals surface area contributed by atoms with E-state index in [2.05, 4.69) is 10.3 Å². The van der Waals surface area contributed by atoms with E-state index < -0.39 is 28.5 Å². The lowest BCUT2D eigenvalue weighted by Gasteiger charge is -2.21. The van der Waals surface area contributed by atoms with E-state index in [0.717, 1.165) is 18.2 Å². The van der Waals surface area contributed by atoms with Crippen LogP contribution in [0.4, 0.5) is 37.7 Å². The van der Waals surface area contributed by atoms with Gasteiger partial charge >= 0.3 is 12.4 Å². The van der Waals surface area contributed by atoms with E-state index in [-0.39, 0.29) is 0 Å². The van der Waals surface area contributed by atoms with Crippen molar-refractivity contribution in [3.8, 4) is 17.1 Å². The van der Waals surface area contributed by atoms with Crippen LogP contribution >= 0.6 is 11.6 Å². The number of nitrogens with one attached hydrogen (secondary N) is 1. The number of hydrogen-bond donors (Lipinski definition) is 1. The van der Waals surface area contributed by atoms with E-state index >= 15 is 0 Å². The van der Waals surface area contributed by atoms with Crippen LogP contribution < -0.4 is 10.7 Å². The van der Waals surface area contributed by atoms with E-state index in [9.17, 15) is 26.3 Å². The Labute approximate surface area is 223 Å². The van der Waals surface area contributed by atoms with Crippen molar-refractivity contribution in [3.05, 3.63) is 100 Å². The lowest BCUT2D eigenvalue weighted by Crippen LogP contribution is -2.15. The lowest BCUT2D eigenvalue weighted by atomic mass is 10.1. The number of anilines is 2. The van der Waals surface area contributed by atoms with Crippen LogP contribution in [-0.4, -0.2) is 16.1 Å². The fourth-order valence-electron chi connectivity index (χ4n) is 4.29. The summed E-state index contributed by atoms with van der Waals surface area (Å²) in [5, 5.41) is 3.16. The Bertz CT molecular complexity index is 1710. The molecule has 4 nitrogen and oxygen atoms in total. The first kappa shape index (κ1) is 26.6. The van der Waals surface area contributed by atoms with Gasteiger partial charge in [-0.05, 0) is 73.7 Å². The summed E-state index contributed by atoms with van der Waals surface area (Å²) < 4.78 is 80.8. The zero-order valence-corrected chi connectivity index (χ0v) is 21.0. The van der Waals surface area contributed by atoms with Gasteiger partial charge in [-0.3, -0.25) is 4.99 Å². The van der Waals surface area contributed by atoms with Gasteiger partial charge in [-0.2, -0.15) is 26.3 Å². The molecule has 200 valence electrons. The molecule has 2 aliphatic rings. The number of rotatable bonds is 4. The number of para-hydroxylation sites is 2. The van der Waals surface area contributed by atoms with E-state index in [4.69, 9.17) is 16.6 Å². The van der Waals surface area contributed by atoms with Crippen molar-refractivity contribution in [1.29, 1.82) is 0 Å². The molecule has 0 aromatic heterocycles. The first-order valence-corrected chi connectivity index (χ1v) is 12.1. The summed E-state index contributed by atoms with van der Waals surface area (Å²) in [7, 11) is 0. The van der Waals surface area contributed by atoms with Crippen LogP contribution in [0.3, 0.4) is 0 Å². The quantitative estimate of drug-likeness (QED) is 0.177. The fraction of sp³-hybridized carbons (Fsp3) is 0.143. The van der Waals surface area contributed by atoms with Gasteiger partial charge in [0.2, 0.25) is 0 Å². The topological polar surface area (TPSA) is 42.2 Å². The largest absolute Gasteiger partial charge is 0.417 e. The van der Waals surface area contributed by atoms with Crippen molar-refractivity contribution in [2.24, 2.45) is 4.99 Å². The van der Waals surface area contributed by atoms with Gasteiger partial charge in [-0.25, -0.2) is 4.98 Å². The van der Waals surface area contributed by atoms with Gasteiger partial charge in [0.25, 0.3) is 0 Å². The molecule has 3 aromatic rings. The van der Waals surface area contributed by atoms with Crippen LogP contribution in [0, 0.1) is 0 Å². The molecule has 0 saturated carbocycles. The maximum atomic E-state index is 13.4. The Kier molecular flexibility index (Phi) is 6.76. The molecule has 0 atom stereocenters. The minimum atomic E-state index is -4.60. The second kappa shape index (κ2) is 9.92. The normalized spacial score (nSPS) is 12.9. The highest BCUT2D eigenvalue weighted by Gasteiger charge is 2.33. The van der Waals surface area contributed by atoms with E-state index in [1.165, 1.54) is 24.3 Å². The Morgan fingerprint density at radius 2 is 1.59 bits per heavy atom. The number of halogens is 7. The van der Waals surface area contributed by atoms with Crippen LogP contribution in [0.15, 0.2) is 83.9 Å². The lowest BCUT2D eigenvalue weighted by molar-refractivity contribution is -0.138. The molecular formula is C28H19ClF6N4. The molecule has 0 fully saturated rings. The Morgan fingerprint density at radius 3 is 2.23 bits per heavy atom. The van der Waals surface area contributed by atoms with Crippen LogP contribution in [-0.2, 0) is 12.4 Å². The van der Waals surface area contributed by atoms with Crippen LogP contribution in [0.5, 0.6) is 0 Å². The second-order valence-electron chi connectivity index (χ2n) is 8.63. The first-order valence-electron chi connectivity index (χ1n) is 11.7. The smallest absolute Gasteiger partial charge is 0.354 e. The molecule has 1 heterocycles. The zero-order chi connectivity index (χ0) is 27.9. The third-order valence-corrected chi connectivity index (χ3v) is 6.35. The molecule has 0 spiro atoms. The molecule has 3 aromatic carbocycles. The second-order valence-corrected chi connectivity index (χ2v) is 9.04. The molecule has 5 rings (SSSR count). The fourth-order valence-corrected chi connectivity index (χ4v) is 4.57. The van der Waals surface area contributed by atoms with Gasteiger partial charge in [-0.15, -0.1) is 0 Å². The number of fused-ring (bicyclic) bond motifs is 2. The van der Waals surface area contributed by atoms with Crippen LogP contribution in [0.1, 0.15) is 18.1 Å². The average Bonchev–Trinajstić information content (AvgIpc) is 2.87. The summed E-state index contributed by atoms with van der Waals surface area (Å²) in [4.78, 5) is 9.26. The number of aromatic nitrogens is 2. The number of alkyl halides is 6. The SMILES string of the molecule is CC/N=c1\cc2n(-c3ccc(C(F)(F)F)c(Cl)c3)c3ccccc3nc-2cc1Nc1ccc(C(F)(F)F)cc1. The van der Waals surface area contributed by atoms with Crippen LogP contribution in [0.25, 0.3) is 28.1 Å². The predicted molar refractivity (Wildman–Crippen MR) is 139 cm³/mol. The molecule has 1 N–H and O–H groups in total. The van der Waals surface area contributed by atoms with E-state index in [0.29, 0.717) is 51.4 Å². The zero-order valence-electron chi connectivity index (χ0n) is 20.2. The van der Waals surface area contributed by atoms with Gasteiger partial charge in [0.05, 0.1) is 49.6 Å². The summed E-state index contributed by atoms with van der Waals surface area (Å²) >= 11 is 6.05. The Hall–Kier alpha value is -4.05. The number of benzene rings is 4. The monoisotopic (exact) mass is 560 g/mol. The van der Waals surface area contributed by atoms with Crippen molar-refractivity contribution >= 4 is 34.0 Å². The molecule has 39 heavy (non-hydrogen) atoms. The molecule has 0 unspecified atom stereocenters. The summed E-state index contributed by atoms with van der Waals surface area (Å²) in [6, 6.07) is 18.7. The Balaban J connectivity index is 1.71. The Morgan fingerprint density at radius 1 is 0.872 bits per heavy atom. The van der Waals surface area contributed by atoms with Gasteiger partial charge in [0.1, 0.15) is 0 Å². The highest BCUT2D eigenvalue weighted by Crippen LogP contribution is 2.37. The van der Waals surface area contributed by atoms with Gasteiger partial charge in [-0.1, -0.05) is 23.7 Å². The maximum absolute atomic E-state index is 13.4. The van der Waals surface area contributed by atoms with Crippen LogP contribution in [0.2, 0.25) is 5.02 Å². The molecule has 0 saturated heterocycles. The van der Waals surface area contributed by atoms with E-state index in [1.54, 1.807) is 41.0 Å². The highest BCUT2D eigenvalue weighted by atomic mass is 35.5. The van der Waals surface area contributed by atoms with Crippen molar-refractivity contribution in [2.45, 2.75) is 19.3 Å². The molecular weight excluding hydrogens is 542 g/mol. The van der Waals surface area contributed by atoms with Crippen molar-refractivity contribution < 1.29 is 26.3 Å². The van der Waals surface area contributed by atoms with Crippen molar-refractivity contribution in [3.63, 3.8) is 0 Å². The minimum Gasteiger partial charge on any atom is -0.354 e. The predicted octanol–water partition coefficient (Wildman–Crippen LogP) is 8.49. The third-order valence-electron chi connectivity index (χ3n) is 6.03. The van der Waals surface area contributed by atoms with Gasteiger partial charge in [0.15, 0.2) is 0 Å². The first-order chi connectivity index (χ1) is 18.5. The average molecular weight is 561 g/mol. The van der Waals surface area contributed by atoms with Gasteiger partial charge in [0, 0.05) is 17.9 Å². The summed E-state index contributed by atoms with van der Waals surface area (Å²) in [5.74, 6) is 0. The van der Waals surface area contributed by atoms with Crippen molar-refractivity contribution in [1.82, 2.24) is 9.55 Å². The molecule has 1 aliphatic carbocycles. The number of hydrogen-bond acceptors (Lipinski definition) is 3. The van der Waals surface area contributed by atoms with Crippen molar-refractivity contribution in [2.75, 3.05) is 11.9 Å². The molecule has 0 bridgehead atoms. The molecule has 0 amide bonds. The minimum absolute atomic E-state index is 0.391. The standard InChI is InChI=1S/C28H19ClF6N4/c1-2-36-22-15-26-24(14-23(22)37-17-9-7-16(8-10-17)27(30,31)32)38-21-5-3-4-6-25(21)39(26)18-11-12-19(20(29)13-18)28(33,34)35/h3-15,37H,2H2,1H3/b36-22+. The van der Waals surface area contributed by atoms with E-state index in [1.807, 2.05) is 6.92 Å². The summed E-state index contributed by atoms with van der Waals surface area (Å²) in [6.45, 7) is 2.23. The summed E-state index contributed by atoms with van der Waals surface area (Å²) in [6.07, 6.45) is -9.06. The van der Waals surface area contributed by atoms with Gasteiger partial charge < -0.3 is 9.88 Å². The molecule has 11 heteroatoms. The number of nitrogens with zero attached hydrogens (tertiary/aromatic N) is 3. The summed E-state index contributed by atoms with van der Waals surface area (Å²) in [5.41, 5.74) is 1.83.